The fourth-order valence-electron chi connectivity index (χ4n) is 2.92. The van der Waals surface area contributed by atoms with Crippen LogP contribution in [0.5, 0.6) is 0 Å². The van der Waals surface area contributed by atoms with Crippen molar-refractivity contribution >= 4 is 11.6 Å². The monoisotopic (exact) mass is 224 g/mol. The Balaban J connectivity index is 1.73. The van der Waals surface area contributed by atoms with Crippen molar-refractivity contribution in [2.45, 2.75) is 24.6 Å². The first kappa shape index (κ1) is 9.65. The highest BCUT2D eigenvalue weighted by Gasteiger charge is 2.47. The summed E-state index contributed by atoms with van der Waals surface area (Å²) in [6.45, 7) is 0. The van der Waals surface area contributed by atoms with Crippen LogP contribution in [0, 0.1) is 23.6 Å². The second-order valence-corrected chi connectivity index (χ2v) is 5.41. The average molecular weight is 225 g/mol. The molecule has 2 aliphatic carbocycles. The fraction of sp³-hybridized carbons (Fsp3) is 0.538. The first-order valence-electron chi connectivity index (χ1n) is 5.63. The van der Waals surface area contributed by atoms with Gasteiger partial charge in [0, 0.05) is 0 Å². The molecular weight excluding hydrogens is 211 g/mol. The lowest BCUT2D eigenvalue weighted by molar-refractivity contribution is 0.471. The topological polar surface area (TPSA) is 0 Å². The molecule has 0 heterocycles. The molecular formula is C13H14ClF. The number of alkyl halides is 1. The molecule has 2 fully saturated rings. The van der Waals surface area contributed by atoms with Gasteiger partial charge >= 0.3 is 0 Å². The second-order valence-electron chi connectivity index (χ2n) is 4.94. The molecule has 2 saturated carbocycles. The van der Waals surface area contributed by atoms with Crippen LogP contribution in [0.4, 0.5) is 4.39 Å². The van der Waals surface area contributed by atoms with Crippen LogP contribution in [-0.4, -0.2) is 0 Å². The van der Waals surface area contributed by atoms with Crippen LogP contribution in [0.3, 0.4) is 0 Å². The van der Waals surface area contributed by atoms with E-state index >= 15 is 0 Å². The van der Waals surface area contributed by atoms with Crippen molar-refractivity contribution in [3.8, 4) is 0 Å². The number of fused-ring (bicyclic) bond motifs is 1. The molecule has 0 N–H and O–H groups in total. The highest BCUT2D eigenvalue weighted by atomic mass is 35.5. The molecule has 80 valence electrons. The number of hydrogen-bond acceptors (Lipinski definition) is 0. The Morgan fingerprint density at radius 2 is 1.67 bits per heavy atom. The van der Waals surface area contributed by atoms with E-state index in [-0.39, 0.29) is 11.2 Å². The maximum atomic E-state index is 12.8. The van der Waals surface area contributed by atoms with Crippen molar-refractivity contribution in [3.05, 3.63) is 35.6 Å². The first-order chi connectivity index (χ1) is 7.24. The number of benzene rings is 1. The van der Waals surface area contributed by atoms with Crippen molar-refractivity contribution in [1.82, 2.24) is 0 Å². The molecule has 0 radical (unpaired) electrons. The van der Waals surface area contributed by atoms with E-state index in [4.69, 9.17) is 11.6 Å². The summed E-state index contributed by atoms with van der Waals surface area (Å²) in [5.41, 5.74) is 1.07. The molecule has 15 heavy (non-hydrogen) atoms. The summed E-state index contributed by atoms with van der Waals surface area (Å²) in [5, 5.41) is 0.0819. The minimum atomic E-state index is -0.183. The van der Waals surface area contributed by atoms with Crippen molar-refractivity contribution in [3.63, 3.8) is 0 Å². The SMILES string of the molecule is Fc1ccc(C(Cl)C2CC3CC3C2)cc1. The Morgan fingerprint density at radius 3 is 2.27 bits per heavy atom. The van der Waals surface area contributed by atoms with Crippen LogP contribution in [0.15, 0.2) is 24.3 Å². The summed E-state index contributed by atoms with van der Waals surface area (Å²) in [5.74, 6) is 2.34. The lowest BCUT2D eigenvalue weighted by atomic mass is 9.94. The number of hydrogen-bond donors (Lipinski definition) is 0. The average Bonchev–Trinajstić information content (AvgIpc) is 2.86. The molecule has 0 spiro atoms. The van der Waals surface area contributed by atoms with Crippen LogP contribution < -0.4 is 0 Å². The quantitative estimate of drug-likeness (QED) is 0.662. The Hall–Kier alpha value is -0.560. The zero-order valence-electron chi connectivity index (χ0n) is 8.50. The number of rotatable bonds is 2. The van der Waals surface area contributed by atoms with Gasteiger partial charge in [-0.3, -0.25) is 0 Å². The second kappa shape index (κ2) is 3.48. The predicted octanol–water partition coefficient (Wildman–Crippen LogP) is 4.15. The molecule has 0 aromatic heterocycles. The van der Waals surface area contributed by atoms with Gasteiger partial charge in [0.05, 0.1) is 5.38 Å². The maximum Gasteiger partial charge on any atom is 0.123 e. The van der Waals surface area contributed by atoms with Crippen LogP contribution in [0.25, 0.3) is 0 Å². The van der Waals surface area contributed by atoms with Crippen LogP contribution in [0.1, 0.15) is 30.2 Å². The molecule has 3 atom stereocenters. The smallest absolute Gasteiger partial charge is 0.123 e. The molecule has 2 heteroatoms. The third kappa shape index (κ3) is 1.78. The van der Waals surface area contributed by atoms with E-state index < -0.39 is 0 Å². The van der Waals surface area contributed by atoms with Gasteiger partial charge in [-0.25, -0.2) is 4.39 Å². The van der Waals surface area contributed by atoms with Crippen LogP contribution in [-0.2, 0) is 0 Å². The van der Waals surface area contributed by atoms with Crippen molar-refractivity contribution in [2.24, 2.45) is 17.8 Å². The highest BCUT2D eigenvalue weighted by Crippen LogP contribution is 2.58. The summed E-state index contributed by atoms with van der Waals surface area (Å²) in [6.07, 6.45) is 3.97. The molecule has 3 unspecified atom stereocenters. The van der Waals surface area contributed by atoms with Gasteiger partial charge in [0.25, 0.3) is 0 Å². The lowest BCUT2D eigenvalue weighted by Crippen LogP contribution is -2.05. The largest absolute Gasteiger partial charge is 0.207 e. The summed E-state index contributed by atoms with van der Waals surface area (Å²) in [7, 11) is 0. The summed E-state index contributed by atoms with van der Waals surface area (Å²) in [4.78, 5) is 0. The van der Waals surface area contributed by atoms with Gasteiger partial charge in [0.1, 0.15) is 5.82 Å². The Bertz CT molecular complexity index is 349. The standard InChI is InChI=1S/C13H14ClF/c14-13(8-1-3-12(15)4-2-8)11-6-9-5-10(9)7-11/h1-4,9-11,13H,5-7H2. The molecule has 0 bridgehead atoms. The molecule has 2 aliphatic rings. The molecule has 0 saturated heterocycles. The van der Waals surface area contributed by atoms with E-state index in [2.05, 4.69) is 0 Å². The zero-order valence-corrected chi connectivity index (χ0v) is 9.25. The van der Waals surface area contributed by atoms with Gasteiger partial charge in [-0.1, -0.05) is 12.1 Å². The predicted molar refractivity (Wildman–Crippen MR) is 59.3 cm³/mol. The molecule has 1 aromatic rings. The summed E-state index contributed by atoms with van der Waals surface area (Å²) < 4.78 is 12.8. The molecule has 1 aromatic carbocycles. The lowest BCUT2D eigenvalue weighted by Gasteiger charge is -2.18. The van der Waals surface area contributed by atoms with E-state index in [0.717, 1.165) is 17.4 Å². The van der Waals surface area contributed by atoms with Crippen LogP contribution >= 0.6 is 11.6 Å². The van der Waals surface area contributed by atoms with Crippen molar-refractivity contribution in [2.75, 3.05) is 0 Å². The van der Waals surface area contributed by atoms with E-state index in [1.807, 2.05) is 12.1 Å². The fourth-order valence-corrected chi connectivity index (χ4v) is 3.27. The molecule has 0 amide bonds. The normalized spacial score (nSPS) is 34.9. The van der Waals surface area contributed by atoms with Crippen molar-refractivity contribution in [1.29, 1.82) is 0 Å². The van der Waals surface area contributed by atoms with E-state index in [9.17, 15) is 4.39 Å². The zero-order chi connectivity index (χ0) is 10.4. The minimum absolute atomic E-state index is 0.0819. The van der Waals surface area contributed by atoms with E-state index in [0.29, 0.717) is 5.92 Å². The van der Waals surface area contributed by atoms with Gasteiger partial charge < -0.3 is 0 Å². The summed E-state index contributed by atoms with van der Waals surface area (Å²) >= 11 is 6.43. The Labute approximate surface area is 94.4 Å². The first-order valence-corrected chi connectivity index (χ1v) is 6.07. The molecule has 3 rings (SSSR count). The van der Waals surface area contributed by atoms with Gasteiger partial charge in [0.2, 0.25) is 0 Å². The van der Waals surface area contributed by atoms with Crippen molar-refractivity contribution < 1.29 is 4.39 Å². The third-order valence-electron chi connectivity index (χ3n) is 3.88. The van der Waals surface area contributed by atoms with Gasteiger partial charge in [-0.2, -0.15) is 0 Å². The van der Waals surface area contributed by atoms with Gasteiger partial charge in [0.15, 0.2) is 0 Å². The molecule has 0 aliphatic heterocycles. The van der Waals surface area contributed by atoms with Crippen LogP contribution in [0.2, 0.25) is 0 Å². The van der Waals surface area contributed by atoms with Gasteiger partial charge in [-0.05, 0) is 54.7 Å². The minimum Gasteiger partial charge on any atom is -0.207 e. The van der Waals surface area contributed by atoms with Gasteiger partial charge in [-0.15, -0.1) is 11.6 Å². The Kier molecular flexibility index (Phi) is 2.24. The summed E-state index contributed by atoms with van der Waals surface area (Å²) in [6, 6.07) is 6.63. The Morgan fingerprint density at radius 1 is 1.07 bits per heavy atom. The van der Waals surface area contributed by atoms with E-state index in [1.54, 1.807) is 0 Å². The maximum absolute atomic E-state index is 12.8. The third-order valence-corrected chi connectivity index (χ3v) is 4.49. The highest BCUT2D eigenvalue weighted by molar-refractivity contribution is 6.21. The number of halogens is 2. The molecule has 0 nitrogen and oxygen atoms in total. The van der Waals surface area contributed by atoms with E-state index in [1.165, 1.54) is 31.4 Å².